The summed E-state index contributed by atoms with van der Waals surface area (Å²) in [5.74, 6) is -3.48. The molecule has 0 aliphatic rings. The third-order valence-corrected chi connectivity index (χ3v) is 3.59. The van der Waals surface area contributed by atoms with Crippen LogP contribution in [0.4, 0.5) is 10.1 Å². The molecule has 0 amide bonds. The Morgan fingerprint density at radius 1 is 1.00 bits per heavy atom. The number of benzene rings is 2. The molecule has 0 N–H and O–H groups in total. The fraction of sp³-hybridized carbons (Fsp3) is 0.167. The summed E-state index contributed by atoms with van der Waals surface area (Å²) >= 11 is 0. The number of ketones is 1. The topological polar surface area (TPSA) is 122 Å². The van der Waals surface area contributed by atoms with E-state index in [-0.39, 0.29) is 22.4 Å². The molecule has 0 bridgehead atoms. The molecule has 0 unspecified atom stereocenters. The zero-order valence-corrected chi connectivity index (χ0v) is 14.8. The average molecular weight is 391 g/mol. The Kier molecular flexibility index (Phi) is 6.38. The molecule has 28 heavy (non-hydrogen) atoms. The Morgan fingerprint density at radius 3 is 2.18 bits per heavy atom. The van der Waals surface area contributed by atoms with E-state index in [1.807, 2.05) is 0 Å². The van der Waals surface area contributed by atoms with Crippen LogP contribution in [0.5, 0.6) is 5.75 Å². The van der Waals surface area contributed by atoms with Crippen molar-refractivity contribution in [2.75, 3.05) is 20.8 Å². The van der Waals surface area contributed by atoms with Crippen LogP contribution in [0.2, 0.25) is 0 Å². The van der Waals surface area contributed by atoms with Crippen molar-refractivity contribution >= 4 is 23.4 Å². The second-order valence-corrected chi connectivity index (χ2v) is 5.37. The van der Waals surface area contributed by atoms with E-state index in [4.69, 9.17) is 9.47 Å². The molecule has 0 radical (unpaired) electrons. The molecule has 9 nitrogen and oxygen atoms in total. The van der Waals surface area contributed by atoms with E-state index in [1.165, 1.54) is 19.2 Å². The Hall–Kier alpha value is -3.82. The van der Waals surface area contributed by atoms with Gasteiger partial charge in [-0.3, -0.25) is 14.9 Å². The van der Waals surface area contributed by atoms with Crippen molar-refractivity contribution in [2.45, 2.75) is 0 Å². The summed E-state index contributed by atoms with van der Waals surface area (Å²) in [6, 6.07) is 6.34. The van der Waals surface area contributed by atoms with Crippen LogP contribution < -0.4 is 4.74 Å². The maximum Gasteiger partial charge on any atom is 0.338 e. The number of carbonyl (C=O) groups is 3. The minimum Gasteiger partial charge on any atom is -0.494 e. The van der Waals surface area contributed by atoms with Crippen molar-refractivity contribution in [1.82, 2.24) is 0 Å². The number of carbonyl (C=O) groups excluding carboxylic acids is 3. The molecule has 146 valence electrons. The molecule has 2 rings (SSSR count). The number of rotatable bonds is 7. The van der Waals surface area contributed by atoms with Crippen LogP contribution in [0.1, 0.15) is 31.1 Å². The fourth-order valence-electron chi connectivity index (χ4n) is 2.21. The molecule has 0 fully saturated rings. The summed E-state index contributed by atoms with van der Waals surface area (Å²) in [5.41, 5.74) is -1.13. The van der Waals surface area contributed by atoms with Crippen LogP contribution in [0.15, 0.2) is 36.4 Å². The van der Waals surface area contributed by atoms with Crippen LogP contribution in [0, 0.1) is 15.9 Å². The number of hydrogen-bond donors (Lipinski definition) is 0. The largest absolute Gasteiger partial charge is 0.494 e. The van der Waals surface area contributed by atoms with Crippen LogP contribution in [-0.2, 0) is 9.47 Å². The molecule has 10 heteroatoms. The molecule has 2 aromatic rings. The quantitative estimate of drug-likeness (QED) is 0.305. The van der Waals surface area contributed by atoms with Crippen LogP contribution in [-0.4, -0.2) is 43.5 Å². The molecule has 0 saturated carbocycles. The second-order valence-electron chi connectivity index (χ2n) is 5.37. The Morgan fingerprint density at radius 2 is 1.64 bits per heavy atom. The van der Waals surface area contributed by atoms with E-state index >= 15 is 0 Å². The van der Waals surface area contributed by atoms with Gasteiger partial charge in [-0.1, -0.05) is 0 Å². The van der Waals surface area contributed by atoms with Crippen molar-refractivity contribution in [1.29, 1.82) is 0 Å². The number of nitrogens with zero attached hydrogens (tertiary/aromatic N) is 1. The van der Waals surface area contributed by atoms with Gasteiger partial charge in [-0.2, -0.15) is 0 Å². The fourth-order valence-corrected chi connectivity index (χ4v) is 2.21. The predicted octanol–water partition coefficient (Wildman–Crippen LogP) is 2.57. The molecular formula is C18H14FNO8. The van der Waals surface area contributed by atoms with Crippen molar-refractivity contribution in [3.05, 3.63) is 69.0 Å². The van der Waals surface area contributed by atoms with Gasteiger partial charge in [0.2, 0.25) is 0 Å². The standard InChI is InChI=1S/C18H14FNO8/c1-26-16-4-3-10(8-14(16)19)15(21)9-28-18(23)12-5-11(17(22)27-2)6-13(7-12)20(24)25/h3-8H,9H2,1-2H3. The van der Waals surface area contributed by atoms with E-state index < -0.39 is 40.8 Å². The lowest BCUT2D eigenvalue weighted by Crippen LogP contribution is -2.15. The molecule has 2 aromatic carbocycles. The van der Waals surface area contributed by atoms with E-state index in [2.05, 4.69) is 4.74 Å². The Balaban J connectivity index is 2.17. The van der Waals surface area contributed by atoms with Crippen molar-refractivity contribution < 1.29 is 37.9 Å². The Labute approximate surface area is 157 Å². The van der Waals surface area contributed by atoms with Gasteiger partial charge < -0.3 is 14.2 Å². The van der Waals surface area contributed by atoms with Gasteiger partial charge in [-0.15, -0.1) is 0 Å². The van der Waals surface area contributed by atoms with Gasteiger partial charge >= 0.3 is 11.9 Å². The number of esters is 2. The van der Waals surface area contributed by atoms with Crippen LogP contribution in [0.25, 0.3) is 0 Å². The lowest BCUT2D eigenvalue weighted by molar-refractivity contribution is -0.384. The first-order chi connectivity index (χ1) is 13.3. The number of nitro groups is 1. The monoisotopic (exact) mass is 391 g/mol. The van der Waals surface area contributed by atoms with Gasteiger partial charge in [-0.05, 0) is 24.3 Å². The predicted molar refractivity (Wildman–Crippen MR) is 92.0 cm³/mol. The van der Waals surface area contributed by atoms with Crippen molar-refractivity contribution in [3.8, 4) is 5.75 Å². The smallest absolute Gasteiger partial charge is 0.338 e. The number of methoxy groups -OCH3 is 2. The number of hydrogen-bond acceptors (Lipinski definition) is 8. The summed E-state index contributed by atoms with van der Waals surface area (Å²) in [6.07, 6.45) is 0. The van der Waals surface area contributed by atoms with Crippen LogP contribution >= 0.6 is 0 Å². The summed E-state index contributed by atoms with van der Waals surface area (Å²) in [7, 11) is 2.34. The number of non-ortho nitro benzene ring substituents is 1. The van der Waals surface area contributed by atoms with E-state index in [0.29, 0.717) is 0 Å². The third kappa shape index (κ3) is 4.67. The SMILES string of the molecule is COC(=O)c1cc(C(=O)OCC(=O)c2ccc(OC)c(F)c2)cc([N+](=O)[O-])c1. The zero-order chi connectivity index (χ0) is 20.8. The highest BCUT2D eigenvalue weighted by Crippen LogP contribution is 2.20. The summed E-state index contributed by atoms with van der Waals surface area (Å²) < 4.78 is 27.7. The lowest BCUT2D eigenvalue weighted by Gasteiger charge is -2.07. The first-order valence-electron chi connectivity index (χ1n) is 7.68. The maximum absolute atomic E-state index is 13.7. The van der Waals surface area contributed by atoms with Gasteiger partial charge in [0.15, 0.2) is 24.0 Å². The van der Waals surface area contributed by atoms with Gasteiger partial charge in [0.05, 0.1) is 30.3 Å². The highest BCUT2D eigenvalue weighted by molar-refractivity contribution is 6.00. The highest BCUT2D eigenvalue weighted by atomic mass is 19.1. The summed E-state index contributed by atoms with van der Waals surface area (Å²) in [5, 5.41) is 11.0. The highest BCUT2D eigenvalue weighted by Gasteiger charge is 2.20. The third-order valence-electron chi connectivity index (χ3n) is 3.59. The number of Topliss-reactive ketones (excluding diaryl/α,β-unsaturated/α-hetero) is 1. The molecule has 0 spiro atoms. The molecule has 0 saturated heterocycles. The molecule has 0 aliphatic carbocycles. The van der Waals surface area contributed by atoms with Gasteiger partial charge in [0.25, 0.3) is 5.69 Å². The Bertz CT molecular complexity index is 957. The molecule has 0 atom stereocenters. The molecule has 0 aliphatic heterocycles. The molecular weight excluding hydrogens is 377 g/mol. The maximum atomic E-state index is 13.7. The molecule has 0 heterocycles. The zero-order valence-electron chi connectivity index (χ0n) is 14.8. The summed E-state index contributed by atoms with van der Waals surface area (Å²) in [6.45, 7) is -0.735. The van der Waals surface area contributed by atoms with E-state index in [9.17, 15) is 28.9 Å². The van der Waals surface area contributed by atoms with E-state index in [0.717, 1.165) is 31.4 Å². The van der Waals surface area contributed by atoms with Gasteiger partial charge in [0, 0.05) is 17.7 Å². The minimum atomic E-state index is -1.07. The number of nitro benzene ring substituents is 1. The van der Waals surface area contributed by atoms with Crippen molar-refractivity contribution in [2.24, 2.45) is 0 Å². The van der Waals surface area contributed by atoms with Gasteiger partial charge in [0.1, 0.15) is 0 Å². The lowest BCUT2D eigenvalue weighted by atomic mass is 10.1. The number of halogens is 1. The number of ether oxygens (including phenoxy) is 3. The summed E-state index contributed by atoms with van der Waals surface area (Å²) in [4.78, 5) is 46.0. The van der Waals surface area contributed by atoms with Crippen LogP contribution in [0.3, 0.4) is 0 Å². The average Bonchev–Trinajstić information content (AvgIpc) is 2.70. The van der Waals surface area contributed by atoms with Gasteiger partial charge in [-0.25, -0.2) is 14.0 Å². The minimum absolute atomic E-state index is 0.0551. The van der Waals surface area contributed by atoms with E-state index in [1.54, 1.807) is 0 Å². The first kappa shape index (κ1) is 20.5. The molecule has 0 aromatic heterocycles. The normalized spacial score (nSPS) is 10.1. The first-order valence-corrected chi connectivity index (χ1v) is 7.68. The van der Waals surface area contributed by atoms with Crippen molar-refractivity contribution in [3.63, 3.8) is 0 Å². The second kappa shape index (κ2) is 8.71.